The summed E-state index contributed by atoms with van der Waals surface area (Å²) in [6, 6.07) is 15.0. The number of para-hydroxylation sites is 1. The summed E-state index contributed by atoms with van der Waals surface area (Å²) in [5.41, 5.74) is 3.62. The Bertz CT molecular complexity index is 1380. The summed E-state index contributed by atoms with van der Waals surface area (Å²) in [7, 11) is 1.74. The van der Waals surface area contributed by atoms with Gasteiger partial charge in [-0.3, -0.25) is 19.4 Å². The zero-order chi connectivity index (χ0) is 24.4. The lowest BCUT2D eigenvalue weighted by atomic mass is 9.90. The number of hydrogen-bond acceptors (Lipinski definition) is 4. The van der Waals surface area contributed by atoms with Crippen LogP contribution >= 0.6 is 0 Å². The van der Waals surface area contributed by atoms with Gasteiger partial charge in [0.1, 0.15) is 5.82 Å². The number of halogens is 1. The first-order chi connectivity index (χ1) is 17.0. The fourth-order valence-electron chi connectivity index (χ4n) is 4.56. The summed E-state index contributed by atoms with van der Waals surface area (Å²) < 4.78 is 15.4. The fourth-order valence-corrected chi connectivity index (χ4v) is 4.56. The maximum atomic E-state index is 13.8. The molecule has 1 atom stereocenters. The van der Waals surface area contributed by atoms with Gasteiger partial charge in [0.25, 0.3) is 11.8 Å². The van der Waals surface area contributed by atoms with Gasteiger partial charge < -0.3 is 10.2 Å². The monoisotopic (exact) mass is 472 g/mol. The number of carbonyl (C=O) groups excluding carboxylic acids is 2. The van der Waals surface area contributed by atoms with Crippen LogP contribution in [0.3, 0.4) is 0 Å². The van der Waals surface area contributed by atoms with Crippen LogP contribution in [0.1, 0.15) is 45.3 Å². The third kappa shape index (κ3) is 4.70. The van der Waals surface area contributed by atoms with Crippen molar-refractivity contribution in [3.63, 3.8) is 0 Å². The fraction of sp³-hybridized carbons (Fsp3) is 0.231. The van der Waals surface area contributed by atoms with E-state index in [1.807, 2.05) is 6.07 Å². The molecule has 3 heterocycles. The SMILES string of the molecule is Cn1ccc(C(=O)Nc2ccccc2C(=O)N2CCC[C@@H](c3[nH]ncc3-c3cccc(F)c3)C2)n1. The quantitative estimate of drug-likeness (QED) is 0.455. The maximum absolute atomic E-state index is 13.8. The summed E-state index contributed by atoms with van der Waals surface area (Å²) in [6.07, 6.45) is 5.09. The van der Waals surface area contributed by atoms with Crippen molar-refractivity contribution in [2.24, 2.45) is 7.05 Å². The number of anilines is 1. The van der Waals surface area contributed by atoms with E-state index in [0.29, 0.717) is 24.3 Å². The van der Waals surface area contributed by atoms with E-state index in [1.165, 1.54) is 12.1 Å². The highest BCUT2D eigenvalue weighted by Gasteiger charge is 2.29. The molecule has 2 N–H and O–H groups in total. The normalized spacial score (nSPS) is 15.7. The Balaban J connectivity index is 1.36. The van der Waals surface area contributed by atoms with Crippen molar-refractivity contribution in [3.8, 4) is 11.1 Å². The highest BCUT2D eigenvalue weighted by Crippen LogP contribution is 2.34. The van der Waals surface area contributed by atoms with E-state index in [4.69, 9.17) is 0 Å². The number of H-pyrrole nitrogens is 1. The number of rotatable bonds is 5. The Labute approximate surface area is 201 Å². The number of hydrogen-bond donors (Lipinski definition) is 2. The van der Waals surface area contributed by atoms with E-state index in [0.717, 1.165) is 29.7 Å². The minimum absolute atomic E-state index is 0.0312. The maximum Gasteiger partial charge on any atom is 0.276 e. The molecule has 0 bridgehead atoms. The van der Waals surface area contributed by atoms with E-state index < -0.39 is 0 Å². The molecule has 1 fully saturated rings. The number of aromatic nitrogens is 4. The molecule has 2 amide bonds. The van der Waals surface area contributed by atoms with Crippen LogP contribution in [-0.2, 0) is 7.05 Å². The van der Waals surface area contributed by atoms with Gasteiger partial charge in [0, 0.05) is 43.5 Å². The van der Waals surface area contributed by atoms with Crippen molar-refractivity contribution in [1.29, 1.82) is 0 Å². The van der Waals surface area contributed by atoms with Crippen molar-refractivity contribution in [2.45, 2.75) is 18.8 Å². The topological polar surface area (TPSA) is 95.9 Å². The van der Waals surface area contributed by atoms with Gasteiger partial charge in [-0.1, -0.05) is 24.3 Å². The summed E-state index contributed by atoms with van der Waals surface area (Å²) in [5, 5.41) is 14.2. The lowest BCUT2D eigenvalue weighted by molar-refractivity contribution is 0.0707. The summed E-state index contributed by atoms with van der Waals surface area (Å²) in [6.45, 7) is 1.10. The number of aromatic amines is 1. The van der Waals surface area contributed by atoms with Crippen LogP contribution in [0.4, 0.5) is 10.1 Å². The Hall–Kier alpha value is -4.27. The van der Waals surface area contributed by atoms with Crippen LogP contribution in [0, 0.1) is 5.82 Å². The number of amides is 2. The van der Waals surface area contributed by atoms with Crippen molar-refractivity contribution in [3.05, 3.63) is 89.8 Å². The lowest BCUT2D eigenvalue weighted by Crippen LogP contribution is -2.39. The second kappa shape index (κ2) is 9.54. The predicted octanol–water partition coefficient (Wildman–Crippen LogP) is 4.22. The number of piperidine rings is 1. The van der Waals surface area contributed by atoms with Gasteiger partial charge >= 0.3 is 0 Å². The van der Waals surface area contributed by atoms with Gasteiger partial charge in [0.2, 0.25) is 0 Å². The van der Waals surface area contributed by atoms with Crippen LogP contribution in [-0.4, -0.2) is 49.8 Å². The van der Waals surface area contributed by atoms with Crippen molar-refractivity contribution < 1.29 is 14.0 Å². The Morgan fingerprint density at radius 2 is 2.00 bits per heavy atom. The molecule has 4 aromatic rings. The molecule has 178 valence electrons. The number of carbonyl (C=O) groups is 2. The minimum Gasteiger partial charge on any atom is -0.338 e. The molecule has 0 unspecified atom stereocenters. The van der Waals surface area contributed by atoms with Gasteiger partial charge in [-0.15, -0.1) is 0 Å². The summed E-state index contributed by atoms with van der Waals surface area (Å²) in [5.74, 6) is -0.804. The van der Waals surface area contributed by atoms with Crippen LogP contribution in [0.2, 0.25) is 0 Å². The molecule has 0 aliphatic carbocycles. The van der Waals surface area contributed by atoms with Crippen LogP contribution < -0.4 is 5.32 Å². The van der Waals surface area contributed by atoms with Gasteiger partial charge in [0.05, 0.1) is 17.4 Å². The van der Waals surface area contributed by atoms with Crippen LogP contribution in [0.25, 0.3) is 11.1 Å². The molecule has 9 heteroatoms. The van der Waals surface area contributed by atoms with Gasteiger partial charge in [0.15, 0.2) is 5.69 Å². The molecule has 5 rings (SSSR count). The second-order valence-electron chi connectivity index (χ2n) is 8.67. The number of benzene rings is 2. The zero-order valence-corrected chi connectivity index (χ0v) is 19.2. The molecular weight excluding hydrogens is 447 g/mol. The molecule has 0 saturated carbocycles. The zero-order valence-electron chi connectivity index (χ0n) is 19.2. The highest BCUT2D eigenvalue weighted by molar-refractivity contribution is 6.08. The molecule has 35 heavy (non-hydrogen) atoms. The first kappa shape index (κ1) is 22.5. The van der Waals surface area contributed by atoms with Crippen molar-refractivity contribution >= 4 is 17.5 Å². The number of nitrogens with zero attached hydrogens (tertiary/aromatic N) is 4. The largest absolute Gasteiger partial charge is 0.338 e. The average molecular weight is 473 g/mol. The summed E-state index contributed by atoms with van der Waals surface area (Å²) in [4.78, 5) is 28.0. The minimum atomic E-state index is -0.375. The molecule has 1 saturated heterocycles. The Morgan fingerprint density at radius 1 is 1.14 bits per heavy atom. The van der Waals surface area contributed by atoms with Gasteiger partial charge in [-0.2, -0.15) is 10.2 Å². The molecular formula is C26H25FN6O2. The average Bonchev–Trinajstić information content (AvgIpc) is 3.54. The van der Waals surface area contributed by atoms with Gasteiger partial charge in [-0.25, -0.2) is 4.39 Å². The third-order valence-electron chi connectivity index (χ3n) is 6.27. The Kier molecular flexibility index (Phi) is 6.13. The predicted molar refractivity (Wildman–Crippen MR) is 129 cm³/mol. The first-order valence-electron chi connectivity index (χ1n) is 11.5. The molecule has 2 aromatic heterocycles. The molecule has 1 aliphatic rings. The van der Waals surface area contributed by atoms with Crippen LogP contribution in [0.15, 0.2) is 67.0 Å². The standard InChI is InChI=1S/C26H25FN6O2/c1-32-13-11-23(31-32)25(34)29-22-10-3-2-9-20(22)26(35)33-12-5-7-18(16-33)24-21(15-28-30-24)17-6-4-8-19(27)14-17/h2-4,6,8-11,13-15,18H,5,7,12,16H2,1H3,(H,28,30)(H,29,34)/t18-/m1/s1. The van der Waals surface area contributed by atoms with Gasteiger partial charge in [-0.05, 0) is 48.7 Å². The van der Waals surface area contributed by atoms with E-state index in [1.54, 1.807) is 65.4 Å². The number of nitrogens with one attached hydrogen (secondary N) is 2. The first-order valence-corrected chi connectivity index (χ1v) is 11.5. The second-order valence-corrected chi connectivity index (χ2v) is 8.67. The smallest absolute Gasteiger partial charge is 0.276 e. The third-order valence-corrected chi connectivity index (χ3v) is 6.27. The molecule has 0 radical (unpaired) electrons. The Morgan fingerprint density at radius 3 is 2.80 bits per heavy atom. The molecule has 8 nitrogen and oxygen atoms in total. The molecule has 1 aliphatic heterocycles. The molecule has 0 spiro atoms. The lowest BCUT2D eigenvalue weighted by Gasteiger charge is -2.33. The molecule has 2 aromatic carbocycles. The summed E-state index contributed by atoms with van der Waals surface area (Å²) >= 11 is 0. The number of aryl methyl sites for hydroxylation is 1. The van der Waals surface area contributed by atoms with Crippen LogP contribution in [0.5, 0.6) is 0 Å². The number of likely N-dealkylation sites (tertiary alicyclic amines) is 1. The van der Waals surface area contributed by atoms with E-state index in [9.17, 15) is 14.0 Å². The van der Waals surface area contributed by atoms with Crippen molar-refractivity contribution in [1.82, 2.24) is 24.9 Å². The van der Waals surface area contributed by atoms with E-state index in [2.05, 4.69) is 20.6 Å². The highest BCUT2D eigenvalue weighted by atomic mass is 19.1. The van der Waals surface area contributed by atoms with Crippen molar-refractivity contribution in [2.75, 3.05) is 18.4 Å². The van der Waals surface area contributed by atoms with E-state index in [-0.39, 0.29) is 29.2 Å². The van der Waals surface area contributed by atoms with E-state index >= 15 is 0 Å².